The van der Waals surface area contributed by atoms with E-state index in [1.165, 1.54) is 32.1 Å². The maximum absolute atomic E-state index is 2.75. The van der Waals surface area contributed by atoms with Crippen molar-refractivity contribution in [2.75, 3.05) is 0 Å². The summed E-state index contributed by atoms with van der Waals surface area (Å²) in [7, 11) is 0. The summed E-state index contributed by atoms with van der Waals surface area (Å²) in [6.45, 7) is 0. The van der Waals surface area contributed by atoms with Gasteiger partial charge in [0.2, 0.25) is 0 Å². The van der Waals surface area contributed by atoms with Crippen LogP contribution in [0.1, 0.15) is 32.1 Å². The van der Waals surface area contributed by atoms with Crippen LogP contribution in [0.25, 0.3) is 0 Å². The molecule has 1 aliphatic heterocycles. The lowest BCUT2D eigenvalue weighted by Gasteiger charge is -2.26. The molecular formula is C8H13N. The fourth-order valence-corrected chi connectivity index (χ4v) is 2.35. The van der Waals surface area contributed by atoms with Crippen LogP contribution in [-0.4, -0.2) is 23.0 Å². The summed E-state index contributed by atoms with van der Waals surface area (Å²) in [5, 5.41) is 0. The maximum atomic E-state index is 2.75. The molecule has 0 N–H and O–H groups in total. The Kier molecular flexibility index (Phi) is 0.704. The Hall–Kier alpha value is -0.0400. The number of hydrogen-bond acceptors (Lipinski definition) is 1. The summed E-state index contributed by atoms with van der Waals surface area (Å²) >= 11 is 0. The monoisotopic (exact) mass is 123 g/mol. The van der Waals surface area contributed by atoms with E-state index in [1.54, 1.807) is 0 Å². The van der Waals surface area contributed by atoms with Crippen LogP contribution in [0.2, 0.25) is 0 Å². The molecule has 0 spiro atoms. The van der Waals surface area contributed by atoms with Gasteiger partial charge in [0.25, 0.3) is 0 Å². The molecule has 9 heavy (non-hydrogen) atoms. The second-order valence-electron chi connectivity index (χ2n) is 3.74. The first-order valence-corrected chi connectivity index (χ1v) is 4.24. The normalized spacial score (nSPS) is 55.3. The number of likely N-dealkylation sites (tertiary alicyclic amines) is 1. The molecule has 0 aromatic carbocycles. The van der Waals surface area contributed by atoms with E-state index in [0.29, 0.717) is 0 Å². The van der Waals surface area contributed by atoms with E-state index in [1.807, 2.05) is 0 Å². The fourth-order valence-electron chi connectivity index (χ4n) is 2.35. The average molecular weight is 123 g/mol. The second-order valence-corrected chi connectivity index (χ2v) is 3.74. The molecule has 1 saturated heterocycles. The van der Waals surface area contributed by atoms with Gasteiger partial charge in [-0.25, -0.2) is 0 Å². The van der Waals surface area contributed by atoms with Gasteiger partial charge < -0.3 is 0 Å². The number of hydrogen-bond donors (Lipinski definition) is 0. The lowest BCUT2D eigenvalue weighted by Crippen LogP contribution is -2.27. The van der Waals surface area contributed by atoms with Gasteiger partial charge in [-0.3, -0.25) is 4.90 Å². The van der Waals surface area contributed by atoms with Crippen molar-refractivity contribution in [3.05, 3.63) is 0 Å². The van der Waals surface area contributed by atoms with Crippen molar-refractivity contribution in [2.24, 2.45) is 0 Å². The zero-order chi connectivity index (χ0) is 5.84. The van der Waals surface area contributed by atoms with E-state index < -0.39 is 0 Å². The fraction of sp³-hybridized carbons (Fsp3) is 1.00. The van der Waals surface area contributed by atoms with Crippen LogP contribution in [-0.2, 0) is 0 Å². The summed E-state index contributed by atoms with van der Waals surface area (Å²) < 4.78 is 0. The topological polar surface area (TPSA) is 3.01 Å². The first-order chi connectivity index (χ1) is 4.47. The van der Waals surface area contributed by atoms with Gasteiger partial charge in [0.1, 0.15) is 0 Å². The van der Waals surface area contributed by atoms with Crippen LogP contribution in [0.3, 0.4) is 0 Å². The first-order valence-electron chi connectivity index (χ1n) is 4.24. The molecule has 3 rings (SSSR count). The molecule has 0 bridgehead atoms. The second kappa shape index (κ2) is 1.34. The van der Waals surface area contributed by atoms with Gasteiger partial charge in [-0.2, -0.15) is 0 Å². The highest BCUT2D eigenvalue weighted by Crippen LogP contribution is 2.50. The molecule has 1 heteroatoms. The first kappa shape index (κ1) is 4.73. The molecule has 0 aromatic heterocycles. The van der Waals surface area contributed by atoms with Crippen LogP contribution >= 0.6 is 0 Å². The number of nitrogens with zero attached hydrogens (tertiary/aromatic N) is 1. The third-order valence-corrected chi connectivity index (χ3v) is 3.37. The summed E-state index contributed by atoms with van der Waals surface area (Å²) in [4.78, 5) is 2.75. The van der Waals surface area contributed by atoms with E-state index in [9.17, 15) is 0 Å². The minimum absolute atomic E-state index is 1.04. The minimum Gasteiger partial charge on any atom is -0.291 e. The van der Waals surface area contributed by atoms with Crippen LogP contribution in [0, 0.1) is 0 Å². The largest absolute Gasteiger partial charge is 0.291 e. The Balaban J connectivity index is 1.68. The van der Waals surface area contributed by atoms with Gasteiger partial charge in [0.15, 0.2) is 0 Å². The molecule has 2 unspecified atom stereocenters. The van der Waals surface area contributed by atoms with E-state index >= 15 is 0 Å². The Labute approximate surface area is 56.0 Å². The molecule has 1 nitrogen and oxygen atoms in total. The molecule has 3 aliphatic rings. The zero-order valence-corrected chi connectivity index (χ0v) is 5.71. The Morgan fingerprint density at radius 1 is 0.889 bits per heavy atom. The van der Waals surface area contributed by atoms with Gasteiger partial charge in [-0.15, -0.1) is 0 Å². The van der Waals surface area contributed by atoms with Crippen molar-refractivity contribution in [2.45, 2.75) is 50.2 Å². The number of rotatable bonds is 1. The third kappa shape index (κ3) is 0.454. The zero-order valence-electron chi connectivity index (χ0n) is 5.71. The Bertz CT molecular complexity index is 130. The molecule has 0 amide bonds. The molecular weight excluding hydrogens is 110 g/mol. The smallest absolute Gasteiger partial charge is 0.0258 e. The molecule has 0 radical (unpaired) electrons. The van der Waals surface area contributed by atoms with Crippen LogP contribution < -0.4 is 0 Å². The van der Waals surface area contributed by atoms with Crippen molar-refractivity contribution < 1.29 is 0 Å². The van der Waals surface area contributed by atoms with Crippen molar-refractivity contribution in [3.8, 4) is 0 Å². The summed E-state index contributed by atoms with van der Waals surface area (Å²) in [6.07, 6.45) is 7.54. The van der Waals surface area contributed by atoms with Crippen LogP contribution in [0.15, 0.2) is 0 Å². The van der Waals surface area contributed by atoms with Gasteiger partial charge in [0, 0.05) is 18.1 Å². The molecule has 1 heterocycles. The lowest BCUT2D eigenvalue weighted by atomic mass is 9.93. The molecule has 50 valence electrons. The van der Waals surface area contributed by atoms with Gasteiger partial charge in [-0.05, 0) is 25.7 Å². The van der Waals surface area contributed by atoms with E-state index in [2.05, 4.69) is 4.90 Å². The molecule has 0 aromatic rings. The summed E-state index contributed by atoms with van der Waals surface area (Å²) in [5.41, 5.74) is 0. The Morgan fingerprint density at radius 2 is 1.56 bits per heavy atom. The van der Waals surface area contributed by atoms with Crippen LogP contribution in [0.4, 0.5) is 0 Å². The molecule has 2 aliphatic carbocycles. The molecule has 2 saturated carbocycles. The van der Waals surface area contributed by atoms with E-state index in [4.69, 9.17) is 0 Å². The standard InChI is InChI=1S/C8H13N/c1-2-6(3-1)9-7-4-5-8(7)9/h6-8H,1-5H2. The van der Waals surface area contributed by atoms with Gasteiger partial charge in [-0.1, -0.05) is 6.42 Å². The average Bonchev–Trinajstić information content (AvgIpc) is 1.98. The van der Waals surface area contributed by atoms with Crippen molar-refractivity contribution in [1.82, 2.24) is 4.90 Å². The number of fused-ring (bicyclic) bond motifs is 1. The third-order valence-electron chi connectivity index (χ3n) is 3.37. The molecule has 2 atom stereocenters. The van der Waals surface area contributed by atoms with Gasteiger partial charge >= 0.3 is 0 Å². The lowest BCUT2D eigenvalue weighted by molar-refractivity contribution is 0.244. The van der Waals surface area contributed by atoms with Crippen molar-refractivity contribution in [3.63, 3.8) is 0 Å². The predicted molar refractivity (Wildman–Crippen MR) is 36.3 cm³/mol. The highest BCUT2D eigenvalue weighted by molar-refractivity contribution is 5.14. The maximum Gasteiger partial charge on any atom is 0.0258 e. The van der Waals surface area contributed by atoms with Crippen molar-refractivity contribution in [1.29, 1.82) is 0 Å². The summed E-state index contributed by atoms with van der Waals surface area (Å²) in [5.74, 6) is 0. The SMILES string of the molecule is C1CC(N2C3CCC32)C1. The minimum atomic E-state index is 1.04. The predicted octanol–water partition coefficient (Wildman–Crippen LogP) is 1.39. The summed E-state index contributed by atoms with van der Waals surface area (Å²) in [6, 6.07) is 3.20. The molecule has 3 fully saturated rings. The highest BCUT2D eigenvalue weighted by atomic mass is 15.4. The van der Waals surface area contributed by atoms with Crippen molar-refractivity contribution >= 4 is 0 Å². The Morgan fingerprint density at radius 3 is 1.89 bits per heavy atom. The van der Waals surface area contributed by atoms with Crippen LogP contribution in [0.5, 0.6) is 0 Å². The quantitative estimate of drug-likeness (QED) is 0.476. The van der Waals surface area contributed by atoms with E-state index in [0.717, 1.165) is 18.1 Å². The highest BCUT2D eigenvalue weighted by Gasteiger charge is 2.57. The van der Waals surface area contributed by atoms with E-state index in [-0.39, 0.29) is 0 Å². The van der Waals surface area contributed by atoms with Gasteiger partial charge in [0.05, 0.1) is 0 Å².